The van der Waals surface area contributed by atoms with Crippen LogP contribution in [0.15, 0.2) is 12.1 Å². The highest BCUT2D eigenvalue weighted by Gasteiger charge is 2.21. The first kappa shape index (κ1) is 13.5. The molecule has 0 heterocycles. The van der Waals surface area contributed by atoms with E-state index in [0.29, 0.717) is 5.75 Å². The van der Waals surface area contributed by atoms with E-state index < -0.39 is 11.9 Å². The van der Waals surface area contributed by atoms with Crippen molar-refractivity contribution in [1.82, 2.24) is 0 Å². The minimum atomic E-state index is -0.925. The number of ether oxygens (including phenoxy) is 1. The zero-order valence-electron chi connectivity index (χ0n) is 10.4. The molecule has 4 nitrogen and oxygen atoms in total. The van der Waals surface area contributed by atoms with Crippen LogP contribution in [0.1, 0.15) is 29.0 Å². The Kier molecular flexibility index (Phi) is 4.52. The molecule has 0 aliphatic heterocycles. The first-order valence-corrected chi connectivity index (χ1v) is 5.47. The quantitative estimate of drug-likeness (QED) is 0.821. The van der Waals surface area contributed by atoms with Crippen molar-refractivity contribution in [1.29, 1.82) is 0 Å². The number of hydrogen-bond donors (Lipinski definition) is 2. The molecule has 1 aromatic carbocycles. The number of benzene rings is 1. The summed E-state index contributed by atoms with van der Waals surface area (Å²) >= 11 is 0. The number of aliphatic hydroxyl groups is 1. The van der Waals surface area contributed by atoms with Crippen molar-refractivity contribution in [3.05, 3.63) is 28.8 Å². The number of aliphatic hydroxyl groups excluding tert-OH is 1. The summed E-state index contributed by atoms with van der Waals surface area (Å²) in [5.74, 6) is -0.711. The SMILES string of the molecule is COc1cc(C)cc(C)c1C(CO)CC(=O)O. The summed E-state index contributed by atoms with van der Waals surface area (Å²) in [6.07, 6.45) is -0.100. The zero-order chi connectivity index (χ0) is 13.0. The fourth-order valence-electron chi connectivity index (χ4n) is 2.10. The summed E-state index contributed by atoms with van der Waals surface area (Å²) in [6.45, 7) is 3.65. The van der Waals surface area contributed by atoms with Crippen molar-refractivity contribution in [2.24, 2.45) is 0 Å². The van der Waals surface area contributed by atoms with Gasteiger partial charge in [0.25, 0.3) is 0 Å². The third-order valence-electron chi connectivity index (χ3n) is 2.76. The van der Waals surface area contributed by atoms with Crippen LogP contribution in [0.3, 0.4) is 0 Å². The minimum absolute atomic E-state index is 0.100. The van der Waals surface area contributed by atoms with Crippen LogP contribution in [0.4, 0.5) is 0 Å². The first-order valence-electron chi connectivity index (χ1n) is 5.47. The number of hydrogen-bond acceptors (Lipinski definition) is 3. The van der Waals surface area contributed by atoms with E-state index in [9.17, 15) is 9.90 Å². The molecule has 94 valence electrons. The lowest BCUT2D eigenvalue weighted by molar-refractivity contribution is -0.137. The molecule has 0 fully saturated rings. The van der Waals surface area contributed by atoms with Crippen molar-refractivity contribution in [3.63, 3.8) is 0 Å². The summed E-state index contributed by atoms with van der Waals surface area (Å²) in [6, 6.07) is 3.81. The molecule has 0 aliphatic rings. The van der Waals surface area contributed by atoms with Gasteiger partial charge in [-0.05, 0) is 31.0 Å². The second-order valence-electron chi connectivity index (χ2n) is 4.18. The van der Waals surface area contributed by atoms with E-state index in [-0.39, 0.29) is 13.0 Å². The highest BCUT2D eigenvalue weighted by Crippen LogP contribution is 2.33. The molecule has 1 rings (SSSR count). The molecule has 0 aromatic heterocycles. The average molecular weight is 238 g/mol. The van der Waals surface area contributed by atoms with Crippen molar-refractivity contribution in [2.75, 3.05) is 13.7 Å². The molecule has 1 atom stereocenters. The van der Waals surface area contributed by atoms with E-state index in [1.54, 1.807) is 7.11 Å². The molecule has 1 aromatic rings. The predicted molar refractivity (Wildman–Crippen MR) is 64.5 cm³/mol. The maximum atomic E-state index is 10.8. The average Bonchev–Trinajstić information content (AvgIpc) is 2.25. The lowest BCUT2D eigenvalue weighted by atomic mass is 9.90. The molecule has 1 unspecified atom stereocenters. The molecule has 4 heteroatoms. The van der Waals surface area contributed by atoms with Gasteiger partial charge in [0.05, 0.1) is 20.1 Å². The van der Waals surface area contributed by atoms with Gasteiger partial charge in [-0.1, -0.05) is 6.07 Å². The zero-order valence-corrected chi connectivity index (χ0v) is 10.4. The van der Waals surface area contributed by atoms with Gasteiger partial charge >= 0.3 is 5.97 Å². The molecule has 0 aliphatic carbocycles. The van der Waals surface area contributed by atoms with Crippen LogP contribution in [0, 0.1) is 13.8 Å². The number of methoxy groups -OCH3 is 1. The third kappa shape index (κ3) is 3.20. The van der Waals surface area contributed by atoms with Gasteiger partial charge in [0, 0.05) is 11.5 Å². The topological polar surface area (TPSA) is 66.8 Å². The lowest BCUT2D eigenvalue weighted by Gasteiger charge is -2.19. The van der Waals surface area contributed by atoms with Crippen molar-refractivity contribution in [2.45, 2.75) is 26.2 Å². The van der Waals surface area contributed by atoms with Crippen LogP contribution >= 0.6 is 0 Å². The van der Waals surface area contributed by atoms with Gasteiger partial charge in [0.2, 0.25) is 0 Å². The maximum absolute atomic E-state index is 10.8. The van der Waals surface area contributed by atoms with Gasteiger partial charge in [0.15, 0.2) is 0 Å². The van der Waals surface area contributed by atoms with Crippen molar-refractivity contribution >= 4 is 5.97 Å². The van der Waals surface area contributed by atoms with E-state index in [4.69, 9.17) is 9.84 Å². The number of rotatable bonds is 5. The smallest absolute Gasteiger partial charge is 0.304 e. The molecule has 0 saturated carbocycles. The van der Waals surface area contributed by atoms with Gasteiger partial charge in [0.1, 0.15) is 5.75 Å². The molecule has 0 radical (unpaired) electrons. The Labute approximate surface area is 101 Å². The third-order valence-corrected chi connectivity index (χ3v) is 2.76. The highest BCUT2D eigenvalue weighted by molar-refractivity contribution is 5.68. The number of carboxylic acid groups (broad SMARTS) is 1. The van der Waals surface area contributed by atoms with E-state index in [1.807, 2.05) is 26.0 Å². The normalized spacial score (nSPS) is 12.2. The van der Waals surface area contributed by atoms with Gasteiger partial charge in [-0.15, -0.1) is 0 Å². The first-order chi connectivity index (χ1) is 7.99. The van der Waals surface area contributed by atoms with Crippen molar-refractivity contribution in [3.8, 4) is 5.75 Å². The summed E-state index contributed by atoms with van der Waals surface area (Å²) in [7, 11) is 1.55. The molecular formula is C13H18O4. The van der Waals surface area contributed by atoms with E-state index in [1.165, 1.54) is 0 Å². The van der Waals surface area contributed by atoms with E-state index in [0.717, 1.165) is 16.7 Å². The highest BCUT2D eigenvalue weighted by atomic mass is 16.5. The summed E-state index contributed by atoms with van der Waals surface area (Å²) in [4.78, 5) is 10.8. The van der Waals surface area contributed by atoms with Crippen LogP contribution in [-0.4, -0.2) is 29.9 Å². The summed E-state index contributed by atoms with van der Waals surface area (Å²) in [5, 5.41) is 18.2. The molecular weight excluding hydrogens is 220 g/mol. The lowest BCUT2D eigenvalue weighted by Crippen LogP contribution is -2.13. The standard InChI is InChI=1S/C13H18O4/c1-8-4-9(2)13(11(5-8)17-3)10(7-14)6-12(15)16/h4-5,10,14H,6-7H2,1-3H3,(H,15,16). The summed E-state index contributed by atoms with van der Waals surface area (Å²) < 4.78 is 5.27. The van der Waals surface area contributed by atoms with Gasteiger partial charge in [-0.25, -0.2) is 0 Å². The number of aryl methyl sites for hydroxylation is 2. The molecule has 0 saturated heterocycles. The van der Waals surface area contributed by atoms with Crippen LogP contribution < -0.4 is 4.74 Å². The molecule has 0 bridgehead atoms. The largest absolute Gasteiger partial charge is 0.496 e. The monoisotopic (exact) mass is 238 g/mol. The molecule has 0 amide bonds. The Balaban J connectivity index is 3.21. The molecule has 17 heavy (non-hydrogen) atoms. The Morgan fingerprint density at radius 2 is 2.06 bits per heavy atom. The number of aliphatic carboxylic acids is 1. The molecule has 0 spiro atoms. The Bertz CT molecular complexity index is 412. The second-order valence-corrected chi connectivity index (χ2v) is 4.18. The Hall–Kier alpha value is -1.55. The molecule has 2 N–H and O–H groups in total. The second kappa shape index (κ2) is 5.68. The Morgan fingerprint density at radius 3 is 2.53 bits per heavy atom. The fraction of sp³-hybridized carbons (Fsp3) is 0.462. The fourth-order valence-corrected chi connectivity index (χ4v) is 2.10. The number of carbonyl (C=O) groups is 1. The van der Waals surface area contributed by atoms with E-state index in [2.05, 4.69) is 0 Å². The summed E-state index contributed by atoms with van der Waals surface area (Å²) in [5.41, 5.74) is 2.78. The van der Waals surface area contributed by atoms with Crippen LogP contribution in [0.25, 0.3) is 0 Å². The van der Waals surface area contributed by atoms with Gasteiger partial charge in [-0.2, -0.15) is 0 Å². The predicted octanol–water partition coefficient (Wildman–Crippen LogP) is 1.86. The number of carboxylic acids is 1. The van der Waals surface area contributed by atoms with Gasteiger partial charge in [-0.3, -0.25) is 4.79 Å². The van der Waals surface area contributed by atoms with Crippen LogP contribution in [0.5, 0.6) is 5.75 Å². The van der Waals surface area contributed by atoms with E-state index >= 15 is 0 Å². The van der Waals surface area contributed by atoms with Crippen molar-refractivity contribution < 1.29 is 19.7 Å². The van der Waals surface area contributed by atoms with Crippen LogP contribution in [-0.2, 0) is 4.79 Å². The van der Waals surface area contributed by atoms with Crippen LogP contribution in [0.2, 0.25) is 0 Å². The minimum Gasteiger partial charge on any atom is -0.496 e. The maximum Gasteiger partial charge on any atom is 0.304 e. The van der Waals surface area contributed by atoms with Gasteiger partial charge < -0.3 is 14.9 Å². The Morgan fingerprint density at radius 1 is 1.41 bits per heavy atom.